The van der Waals surface area contributed by atoms with E-state index in [4.69, 9.17) is 4.74 Å². The van der Waals surface area contributed by atoms with Crippen LogP contribution < -0.4 is 5.32 Å². The van der Waals surface area contributed by atoms with E-state index < -0.39 is 0 Å². The Morgan fingerprint density at radius 3 is 2.45 bits per heavy atom. The van der Waals surface area contributed by atoms with E-state index in [0.717, 1.165) is 18.6 Å². The maximum atomic E-state index is 6.07. The van der Waals surface area contributed by atoms with Crippen molar-refractivity contribution in [2.24, 2.45) is 11.3 Å². The normalized spacial score (nSPS) is 35.1. The first-order valence-electron chi connectivity index (χ1n) is 9.14. The fourth-order valence-electron chi connectivity index (χ4n) is 5.21. The standard InChI is InChI=1S/C18H33NO/c1-3-20-17-13-16(18(17)11-7-4-8-12-18)19-14(2)15-9-5-6-10-15/h14-17,19H,3-13H2,1-2H3. The number of hydrogen-bond acceptors (Lipinski definition) is 2. The van der Waals surface area contributed by atoms with Gasteiger partial charge in [-0.2, -0.15) is 0 Å². The zero-order valence-corrected chi connectivity index (χ0v) is 13.5. The first kappa shape index (κ1) is 14.8. The van der Waals surface area contributed by atoms with Gasteiger partial charge in [0.1, 0.15) is 0 Å². The molecule has 3 aliphatic rings. The molecule has 1 N–H and O–H groups in total. The number of ether oxygens (including phenoxy) is 1. The van der Waals surface area contributed by atoms with Gasteiger partial charge in [-0.3, -0.25) is 0 Å². The van der Waals surface area contributed by atoms with E-state index in [0.29, 0.717) is 17.6 Å². The SMILES string of the molecule is CCOC1CC(NC(C)C2CCCC2)C12CCCCC2. The molecular formula is C18H33NO. The Balaban J connectivity index is 1.60. The van der Waals surface area contributed by atoms with Gasteiger partial charge < -0.3 is 10.1 Å². The van der Waals surface area contributed by atoms with E-state index in [9.17, 15) is 0 Å². The highest BCUT2D eigenvalue weighted by molar-refractivity contribution is 5.09. The Morgan fingerprint density at radius 1 is 1.10 bits per heavy atom. The summed E-state index contributed by atoms with van der Waals surface area (Å²) in [6, 6.07) is 1.44. The molecule has 3 atom stereocenters. The molecule has 20 heavy (non-hydrogen) atoms. The van der Waals surface area contributed by atoms with Gasteiger partial charge in [0.15, 0.2) is 0 Å². The van der Waals surface area contributed by atoms with Gasteiger partial charge >= 0.3 is 0 Å². The summed E-state index contributed by atoms with van der Waals surface area (Å²) in [5.74, 6) is 0.932. The van der Waals surface area contributed by atoms with Crippen molar-refractivity contribution in [3.8, 4) is 0 Å². The van der Waals surface area contributed by atoms with Gasteiger partial charge in [-0.1, -0.05) is 32.1 Å². The molecule has 0 saturated heterocycles. The monoisotopic (exact) mass is 279 g/mol. The summed E-state index contributed by atoms with van der Waals surface area (Å²) in [6.07, 6.45) is 14.7. The maximum absolute atomic E-state index is 6.07. The van der Waals surface area contributed by atoms with E-state index in [2.05, 4.69) is 19.2 Å². The smallest absolute Gasteiger partial charge is 0.0661 e. The quantitative estimate of drug-likeness (QED) is 0.811. The number of rotatable bonds is 5. The lowest BCUT2D eigenvalue weighted by Gasteiger charge is -2.58. The fourth-order valence-corrected chi connectivity index (χ4v) is 5.21. The minimum Gasteiger partial charge on any atom is -0.378 e. The predicted octanol–water partition coefficient (Wildman–Crippen LogP) is 4.28. The molecule has 3 fully saturated rings. The molecule has 0 heterocycles. The van der Waals surface area contributed by atoms with Gasteiger partial charge in [0.25, 0.3) is 0 Å². The Labute approximate surface area is 125 Å². The van der Waals surface area contributed by atoms with E-state index >= 15 is 0 Å². The molecule has 2 heteroatoms. The van der Waals surface area contributed by atoms with Crippen LogP contribution in [0.3, 0.4) is 0 Å². The molecule has 0 amide bonds. The Morgan fingerprint density at radius 2 is 1.80 bits per heavy atom. The topological polar surface area (TPSA) is 21.3 Å². The highest BCUT2D eigenvalue weighted by Gasteiger charge is 2.55. The van der Waals surface area contributed by atoms with Crippen molar-refractivity contribution in [1.82, 2.24) is 5.32 Å². The second kappa shape index (κ2) is 6.36. The largest absolute Gasteiger partial charge is 0.378 e. The van der Waals surface area contributed by atoms with Gasteiger partial charge in [0.05, 0.1) is 6.10 Å². The summed E-state index contributed by atoms with van der Waals surface area (Å²) in [6.45, 7) is 5.47. The predicted molar refractivity (Wildman–Crippen MR) is 83.9 cm³/mol. The molecule has 3 unspecified atom stereocenters. The van der Waals surface area contributed by atoms with Crippen LogP contribution in [0.15, 0.2) is 0 Å². The maximum Gasteiger partial charge on any atom is 0.0661 e. The van der Waals surface area contributed by atoms with Crippen LogP contribution in [0.5, 0.6) is 0 Å². The Kier molecular flexibility index (Phi) is 4.72. The third-order valence-electron chi connectivity index (χ3n) is 6.51. The second-order valence-corrected chi connectivity index (χ2v) is 7.53. The minimum absolute atomic E-state index is 0.487. The van der Waals surface area contributed by atoms with E-state index in [1.165, 1.54) is 64.2 Å². The van der Waals surface area contributed by atoms with Gasteiger partial charge in [-0.05, 0) is 51.9 Å². The molecule has 0 aromatic heterocycles. The average Bonchev–Trinajstić information content (AvgIpc) is 3.01. The molecule has 3 aliphatic carbocycles. The van der Waals surface area contributed by atoms with Crippen molar-refractivity contribution in [3.63, 3.8) is 0 Å². The van der Waals surface area contributed by atoms with E-state index in [1.54, 1.807) is 0 Å². The van der Waals surface area contributed by atoms with E-state index in [1.807, 2.05) is 0 Å². The van der Waals surface area contributed by atoms with Gasteiger partial charge in [-0.25, -0.2) is 0 Å². The van der Waals surface area contributed by atoms with Gasteiger partial charge in [0.2, 0.25) is 0 Å². The van der Waals surface area contributed by atoms with Crippen LogP contribution in [-0.4, -0.2) is 24.8 Å². The number of nitrogens with one attached hydrogen (secondary N) is 1. The lowest BCUT2D eigenvalue weighted by Crippen LogP contribution is -2.66. The first-order chi connectivity index (χ1) is 9.76. The molecule has 1 spiro atoms. The molecule has 116 valence electrons. The molecule has 3 rings (SSSR count). The fraction of sp³-hybridized carbons (Fsp3) is 1.00. The van der Waals surface area contributed by atoms with Crippen LogP contribution in [-0.2, 0) is 4.74 Å². The molecule has 0 bridgehead atoms. The summed E-state index contributed by atoms with van der Waals surface area (Å²) in [5, 5.41) is 4.03. The van der Waals surface area contributed by atoms with Crippen LogP contribution >= 0.6 is 0 Å². The number of hydrogen-bond donors (Lipinski definition) is 1. The van der Waals surface area contributed by atoms with Crippen molar-refractivity contribution < 1.29 is 4.74 Å². The third kappa shape index (κ3) is 2.66. The summed E-state index contributed by atoms with van der Waals surface area (Å²) < 4.78 is 6.07. The second-order valence-electron chi connectivity index (χ2n) is 7.53. The lowest BCUT2D eigenvalue weighted by atomic mass is 9.55. The molecule has 0 aromatic carbocycles. The van der Waals surface area contributed by atoms with Crippen molar-refractivity contribution in [2.75, 3.05) is 6.61 Å². The summed E-state index contributed by atoms with van der Waals surface area (Å²) in [7, 11) is 0. The summed E-state index contributed by atoms with van der Waals surface area (Å²) in [5.41, 5.74) is 0.487. The van der Waals surface area contributed by atoms with Crippen molar-refractivity contribution >= 4 is 0 Å². The Hall–Kier alpha value is -0.0800. The molecule has 3 saturated carbocycles. The zero-order valence-electron chi connectivity index (χ0n) is 13.5. The summed E-state index contributed by atoms with van der Waals surface area (Å²) >= 11 is 0. The average molecular weight is 279 g/mol. The van der Waals surface area contributed by atoms with Gasteiger partial charge in [0, 0.05) is 24.1 Å². The molecule has 2 nitrogen and oxygen atoms in total. The molecular weight excluding hydrogens is 246 g/mol. The lowest BCUT2D eigenvalue weighted by molar-refractivity contribution is -0.152. The highest BCUT2D eigenvalue weighted by atomic mass is 16.5. The summed E-state index contributed by atoms with van der Waals surface area (Å²) in [4.78, 5) is 0. The molecule has 0 aliphatic heterocycles. The Bertz CT molecular complexity index is 305. The van der Waals surface area contributed by atoms with Crippen LogP contribution in [0.2, 0.25) is 0 Å². The van der Waals surface area contributed by atoms with Crippen molar-refractivity contribution in [3.05, 3.63) is 0 Å². The highest BCUT2D eigenvalue weighted by Crippen LogP contribution is 2.53. The van der Waals surface area contributed by atoms with Crippen molar-refractivity contribution in [2.45, 2.75) is 96.2 Å². The molecule has 0 aromatic rings. The first-order valence-corrected chi connectivity index (χ1v) is 9.14. The van der Waals surface area contributed by atoms with Crippen LogP contribution in [0, 0.1) is 11.3 Å². The van der Waals surface area contributed by atoms with Crippen LogP contribution in [0.1, 0.15) is 78.1 Å². The van der Waals surface area contributed by atoms with Crippen LogP contribution in [0.25, 0.3) is 0 Å². The van der Waals surface area contributed by atoms with Gasteiger partial charge in [-0.15, -0.1) is 0 Å². The van der Waals surface area contributed by atoms with E-state index in [-0.39, 0.29) is 0 Å². The van der Waals surface area contributed by atoms with Crippen molar-refractivity contribution in [1.29, 1.82) is 0 Å². The minimum atomic E-state index is 0.487. The zero-order chi connectivity index (χ0) is 14.0. The van der Waals surface area contributed by atoms with Crippen LogP contribution in [0.4, 0.5) is 0 Å². The molecule has 0 radical (unpaired) electrons. The third-order valence-corrected chi connectivity index (χ3v) is 6.51.